The number of nitrogens with zero attached hydrogens (tertiary/aromatic N) is 3. The van der Waals surface area contributed by atoms with Crippen LogP contribution < -0.4 is 10.5 Å². The summed E-state index contributed by atoms with van der Waals surface area (Å²) in [4.78, 5) is 3.81. The monoisotopic (exact) mass is 481 g/mol. The second kappa shape index (κ2) is 7.68. The van der Waals surface area contributed by atoms with Crippen LogP contribution in [-0.2, 0) is 16.2 Å². The molecule has 2 aromatic heterocycles. The highest BCUT2D eigenvalue weighted by Gasteiger charge is 2.32. The van der Waals surface area contributed by atoms with Gasteiger partial charge in [-0.1, -0.05) is 17.7 Å². The zero-order valence-corrected chi connectivity index (χ0v) is 17.9. The van der Waals surface area contributed by atoms with Gasteiger partial charge in [-0.15, -0.1) is 0 Å². The zero-order valence-electron chi connectivity index (χ0n) is 16.4. The fraction of sp³-hybridized carbons (Fsp3) is 0.100. The molecule has 4 aromatic rings. The van der Waals surface area contributed by atoms with Crippen molar-refractivity contribution in [1.29, 1.82) is 0 Å². The lowest BCUT2D eigenvalue weighted by Crippen LogP contribution is -2.15. The Balaban J connectivity index is 1.66. The Hall–Kier alpha value is -3.31. The molecule has 0 atom stereocenters. The van der Waals surface area contributed by atoms with Gasteiger partial charge in [-0.3, -0.25) is 4.72 Å². The number of hydrogen-bond donors (Lipinski definition) is 2. The Morgan fingerprint density at radius 1 is 1.12 bits per heavy atom. The summed E-state index contributed by atoms with van der Waals surface area (Å²) in [5.74, 6) is 0.365. The van der Waals surface area contributed by atoms with Crippen molar-refractivity contribution in [2.45, 2.75) is 18.0 Å². The molecule has 166 valence electrons. The van der Waals surface area contributed by atoms with E-state index in [0.717, 1.165) is 6.07 Å². The smallest absolute Gasteiger partial charge is 0.383 e. The number of nitrogens with two attached hydrogens (primary N) is 1. The van der Waals surface area contributed by atoms with Crippen LogP contribution in [0.25, 0.3) is 16.8 Å². The Morgan fingerprint density at radius 2 is 1.88 bits per heavy atom. The third-order valence-electron chi connectivity index (χ3n) is 4.78. The quantitative estimate of drug-likeness (QED) is 0.437. The molecule has 0 bridgehead atoms. The van der Waals surface area contributed by atoms with Crippen molar-refractivity contribution in [3.63, 3.8) is 0 Å². The Bertz CT molecular complexity index is 1450. The maximum atomic E-state index is 12.8. The van der Waals surface area contributed by atoms with E-state index in [9.17, 15) is 21.6 Å². The summed E-state index contributed by atoms with van der Waals surface area (Å²) in [6, 6.07) is 8.63. The van der Waals surface area contributed by atoms with Gasteiger partial charge in [0.05, 0.1) is 22.5 Å². The van der Waals surface area contributed by atoms with Crippen LogP contribution in [0.4, 0.5) is 24.7 Å². The van der Waals surface area contributed by atoms with Gasteiger partial charge in [0.25, 0.3) is 10.0 Å². The lowest BCUT2D eigenvalue weighted by Gasteiger charge is -2.15. The molecule has 0 aliphatic rings. The molecule has 3 N–H and O–H groups in total. The highest BCUT2D eigenvalue weighted by atomic mass is 35.5. The van der Waals surface area contributed by atoms with E-state index in [1.54, 1.807) is 37.5 Å². The number of aryl methyl sites for hydroxylation is 1. The van der Waals surface area contributed by atoms with Crippen molar-refractivity contribution >= 4 is 38.8 Å². The molecule has 0 saturated carbocycles. The first-order valence-corrected chi connectivity index (χ1v) is 10.9. The van der Waals surface area contributed by atoms with E-state index in [0.29, 0.717) is 40.3 Å². The summed E-state index contributed by atoms with van der Waals surface area (Å²) in [6.45, 7) is 1.67. The van der Waals surface area contributed by atoms with Crippen molar-refractivity contribution in [1.82, 2.24) is 14.6 Å². The number of anilines is 2. The maximum Gasteiger partial charge on any atom is 0.416 e. The van der Waals surface area contributed by atoms with Crippen LogP contribution in [0.1, 0.15) is 11.1 Å². The molecule has 4 rings (SSSR count). The van der Waals surface area contributed by atoms with Gasteiger partial charge in [-0.05, 0) is 48.4 Å². The molecule has 0 aliphatic heterocycles. The number of aromatic nitrogens is 3. The summed E-state index contributed by atoms with van der Waals surface area (Å²) in [7, 11) is -4.24. The van der Waals surface area contributed by atoms with Crippen molar-refractivity contribution < 1.29 is 21.6 Å². The van der Waals surface area contributed by atoms with Gasteiger partial charge in [-0.25, -0.2) is 13.4 Å². The summed E-state index contributed by atoms with van der Waals surface area (Å²) < 4.78 is 67.8. The molecule has 0 amide bonds. The Labute approximate surface area is 185 Å². The lowest BCUT2D eigenvalue weighted by molar-refractivity contribution is -0.137. The molecule has 2 aromatic carbocycles. The zero-order chi connectivity index (χ0) is 23.3. The van der Waals surface area contributed by atoms with Gasteiger partial charge in [-0.2, -0.15) is 22.8 Å². The number of nitrogen functional groups attached to an aromatic ring is 1. The third-order valence-corrected chi connectivity index (χ3v) is 6.63. The fourth-order valence-corrected chi connectivity index (χ4v) is 4.83. The number of hydrogen-bond acceptors (Lipinski definition) is 5. The predicted molar refractivity (Wildman–Crippen MR) is 115 cm³/mol. The van der Waals surface area contributed by atoms with Crippen molar-refractivity contribution in [2.24, 2.45) is 0 Å². The summed E-state index contributed by atoms with van der Waals surface area (Å²) in [5, 5.41) is 3.58. The molecule has 0 radical (unpaired) electrons. The van der Waals surface area contributed by atoms with Gasteiger partial charge in [0.2, 0.25) is 0 Å². The number of sulfonamides is 1. The molecular weight excluding hydrogens is 467 g/mol. The molecular formula is C20H15ClF3N5O2S. The first-order valence-electron chi connectivity index (χ1n) is 9.06. The average Bonchev–Trinajstić information content (AvgIpc) is 3.18. The van der Waals surface area contributed by atoms with E-state index in [4.69, 9.17) is 17.3 Å². The van der Waals surface area contributed by atoms with Crippen molar-refractivity contribution in [2.75, 3.05) is 10.5 Å². The predicted octanol–water partition coefficient (Wildman–Crippen LogP) is 4.76. The molecule has 0 aliphatic carbocycles. The molecule has 2 heterocycles. The minimum absolute atomic E-state index is 0.233. The van der Waals surface area contributed by atoms with Gasteiger partial charge in [0.15, 0.2) is 5.65 Å². The molecule has 0 unspecified atom stereocenters. The molecule has 32 heavy (non-hydrogen) atoms. The van der Waals surface area contributed by atoms with E-state index in [1.807, 2.05) is 0 Å². The van der Waals surface area contributed by atoms with E-state index in [-0.39, 0.29) is 5.69 Å². The SMILES string of the molecule is Cc1cc(-c2cnc3ccnn3c2N)ccc1NS(=O)(=O)c1ccc(C(F)(F)F)cc1Cl. The Morgan fingerprint density at radius 3 is 2.53 bits per heavy atom. The minimum Gasteiger partial charge on any atom is -0.383 e. The molecule has 0 saturated heterocycles. The molecule has 0 fully saturated rings. The second-order valence-corrected chi connectivity index (χ2v) is 8.99. The maximum absolute atomic E-state index is 12.8. The summed E-state index contributed by atoms with van der Waals surface area (Å²) in [5.41, 5.74) is 7.78. The highest BCUT2D eigenvalue weighted by Crippen LogP contribution is 2.35. The largest absolute Gasteiger partial charge is 0.416 e. The summed E-state index contributed by atoms with van der Waals surface area (Å²) in [6.07, 6.45) is -1.48. The standard InChI is InChI=1S/C20H15ClF3N5O2S/c1-11-8-12(14-10-26-18-6-7-27-29(18)19(14)25)2-4-16(11)28-32(30,31)17-5-3-13(9-15(17)21)20(22,23)24/h2-10,28H,25H2,1H3. The number of alkyl halides is 3. The van der Waals surface area contributed by atoms with Gasteiger partial charge in [0, 0.05) is 17.8 Å². The van der Waals surface area contributed by atoms with Crippen LogP contribution in [0, 0.1) is 6.92 Å². The second-order valence-electron chi connectivity index (χ2n) is 6.94. The van der Waals surface area contributed by atoms with E-state index in [2.05, 4.69) is 14.8 Å². The average molecular weight is 482 g/mol. The van der Waals surface area contributed by atoms with Crippen molar-refractivity contribution in [3.05, 3.63) is 71.0 Å². The Kier molecular flexibility index (Phi) is 5.25. The molecule has 7 nitrogen and oxygen atoms in total. The number of halogens is 4. The van der Waals surface area contributed by atoms with Crippen LogP contribution in [0.2, 0.25) is 5.02 Å². The van der Waals surface area contributed by atoms with Crippen LogP contribution in [0.5, 0.6) is 0 Å². The minimum atomic E-state index is -4.64. The number of fused-ring (bicyclic) bond motifs is 1. The van der Waals surface area contributed by atoms with E-state index in [1.165, 1.54) is 10.6 Å². The highest BCUT2D eigenvalue weighted by molar-refractivity contribution is 7.92. The van der Waals surface area contributed by atoms with Crippen LogP contribution in [0.15, 0.2) is 59.8 Å². The first-order chi connectivity index (χ1) is 15.0. The summed E-state index contributed by atoms with van der Waals surface area (Å²) >= 11 is 5.84. The van der Waals surface area contributed by atoms with Crippen LogP contribution in [-0.4, -0.2) is 23.0 Å². The van der Waals surface area contributed by atoms with E-state index < -0.39 is 31.7 Å². The first kappa shape index (κ1) is 21.9. The van der Waals surface area contributed by atoms with Gasteiger partial charge >= 0.3 is 6.18 Å². The number of nitrogens with one attached hydrogen (secondary N) is 1. The fourth-order valence-electron chi connectivity index (χ4n) is 3.15. The van der Waals surface area contributed by atoms with Gasteiger partial charge in [0.1, 0.15) is 10.7 Å². The number of benzene rings is 2. The lowest BCUT2D eigenvalue weighted by atomic mass is 10.0. The normalized spacial score (nSPS) is 12.3. The van der Waals surface area contributed by atoms with E-state index >= 15 is 0 Å². The van der Waals surface area contributed by atoms with Crippen LogP contribution >= 0.6 is 11.6 Å². The number of rotatable bonds is 4. The third kappa shape index (κ3) is 3.96. The van der Waals surface area contributed by atoms with Crippen LogP contribution in [0.3, 0.4) is 0 Å². The molecule has 12 heteroatoms. The molecule has 0 spiro atoms. The van der Waals surface area contributed by atoms with Crippen molar-refractivity contribution in [3.8, 4) is 11.1 Å². The topological polar surface area (TPSA) is 102 Å². The van der Waals surface area contributed by atoms with Gasteiger partial charge < -0.3 is 5.73 Å².